The van der Waals surface area contributed by atoms with Crippen LogP contribution in [0.3, 0.4) is 0 Å². The van der Waals surface area contributed by atoms with E-state index in [1.807, 2.05) is 0 Å². The molecule has 0 spiro atoms. The average Bonchev–Trinajstić information content (AvgIpc) is 2.20. The van der Waals surface area contributed by atoms with Gasteiger partial charge in [-0.25, -0.2) is 4.79 Å². The van der Waals surface area contributed by atoms with Gasteiger partial charge < -0.3 is 38.9 Å². The number of carboxylic acids is 1. The lowest BCUT2D eigenvalue weighted by atomic mass is 10.2. The third-order valence-electron chi connectivity index (χ3n) is 1.12. The van der Waals surface area contributed by atoms with Crippen molar-refractivity contribution in [2.75, 3.05) is 13.2 Å². The molecule has 0 aliphatic carbocycles. The molecule has 0 amide bonds. The number of hydrogen-bond acceptors (Lipinski definition) is 4. The van der Waals surface area contributed by atoms with Gasteiger partial charge in [-0.05, 0) is 6.07 Å². The van der Waals surface area contributed by atoms with E-state index in [1.165, 1.54) is 24.3 Å². The lowest BCUT2D eigenvalue weighted by Gasteiger charge is -2.07. The second kappa shape index (κ2) is 21.6. The Hall–Kier alpha value is -1.71. The maximum absolute atomic E-state index is 10.7. The number of aromatic carboxylic acids is 1. The summed E-state index contributed by atoms with van der Waals surface area (Å²) in [6.45, 7) is 3.14. The first-order valence-corrected chi connectivity index (χ1v) is 4.70. The van der Waals surface area contributed by atoms with Gasteiger partial charge in [0.25, 0.3) is 0 Å². The highest BCUT2D eigenvalue weighted by molar-refractivity contribution is 5.90. The Morgan fingerprint density at radius 3 is 1.58 bits per heavy atom. The Kier molecular flexibility index (Phi) is 34.5. The highest BCUT2D eigenvalue weighted by Crippen LogP contribution is 2.10. The molecule has 0 saturated carbocycles. The van der Waals surface area contributed by atoms with Crippen LogP contribution in [-0.4, -0.2) is 24.3 Å². The van der Waals surface area contributed by atoms with E-state index in [1.54, 1.807) is 13.8 Å². The lowest BCUT2D eigenvalue weighted by molar-refractivity contribution is -0.362. The van der Waals surface area contributed by atoms with Crippen LogP contribution in [0.4, 0.5) is 0 Å². The molecular formula is C11H27N3O5. The molecule has 8 nitrogen and oxygen atoms in total. The van der Waals surface area contributed by atoms with Crippen LogP contribution in [0.15, 0.2) is 24.3 Å². The highest BCUT2D eigenvalue weighted by Gasteiger charge is 1.99. The summed E-state index contributed by atoms with van der Waals surface area (Å²) in [5, 5.41) is 36.9. The minimum atomic E-state index is -1.18. The van der Waals surface area contributed by atoms with Gasteiger partial charge in [-0.1, -0.05) is 37.8 Å². The third-order valence-corrected chi connectivity index (χ3v) is 1.12. The molecule has 0 aliphatic heterocycles. The van der Waals surface area contributed by atoms with Crippen LogP contribution in [0.5, 0.6) is 5.75 Å². The Bertz CT molecular complexity index is 295. The Labute approximate surface area is 113 Å². The summed E-state index contributed by atoms with van der Waals surface area (Å²) in [6, 6.07) is 5.54. The van der Waals surface area contributed by atoms with Crippen molar-refractivity contribution >= 4 is 5.97 Å². The minimum absolute atomic E-state index is 0. The van der Waals surface area contributed by atoms with E-state index in [0.717, 1.165) is 0 Å². The average molecular weight is 281 g/mol. The van der Waals surface area contributed by atoms with Crippen LogP contribution >= 0.6 is 0 Å². The molecule has 0 heterocycles. The van der Waals surface area contributed by atoms with Crippen molar-refractivity contribution in [3.8, 4) is 5.75 Å². The monoisotopic (exact) mass is 281 g/mol. The standard InChI is InChI=1S/C7H6O3.2C2H5O.3H3N/c8-6-4-2-1-3-5(6)7(9)10;2*1-2-3;;;/h1-4,8H,(H,9,10);2*2H2,1H3;3*1H3/q;2*-1;;;/p+2. The van der Waals surface area contributed by atoms with Gasteiger partial charge in [0.1, 0.15) is 0 Å². The molecular weight excluding hydrogens is 254 g/mol. The fraction of sp³-hybridized carbons (Fsp3) is 0.364. The van der Waals surface area contributed by atoms with Crippen molar-refractivity contribution in [2.24, 2.45) is 0 Å². The van der Waals surface area contributed by atoms with Crippen LogP contribution in [0.2, 0.25) is 0 Å². The first-order valence-electron chi connectivity index (χ1n) is 4.70. The van der Waals surface area contributed by atoms with Crippen LogP contribution in [0, 0.1) is 0 Å². The van der Waals surface area contributed by atoms with Crippen molar-refractivity contribution < 1.29 is 25.2 Å². The number of hydrogen-bond donors (Lipinski definition) is 4. The van der Waals surface area contributed by atoms with E-state index in [9.17, 15) is 9.90 Å². The molecule has 0 bridgehead atoms. The molecule has 1 aromatic rings. The third kappa shape index (κ3) is 18.8. The number of rotatable bonds is 1. The first-order chi connectivity index (χ1) is 7.54. The predicted octanol–water partition coefficient (Wildman–Crippen LogP) is 0.320. The number of carboxylic acid groups (broad SMARTS) is 1. The number of carbonyl (C=O) groups is 1. The van der Waals surface area contributed by atoms with Crippen LogP contribution < -0.4 is 33.8 Å². The Balaban J connectivity index is -0.0000000635. The highest BCUT2D eigenvalue weighted by atomic mass is 16.4. The molecule has 1 aromatic carbocycles. The molecule has 0 fully saturated rings. The van der Waals surface area contributed by atoms with Crippen molar-refractivity contribution in [2.45, 2.75) is 13.8 Å². The molecule has 0 atom stereocenters. The fourth-order valence-corrected chi connectivity index (χ4v) is 0.643. The van der Waals surface area contributed by atoms with E-state index < -0.39 is 11.7 Å². The number of para-hydroxylation sites is 1. The second-order valence-electron chi connectivity index (χ2n) is 2.38. The molecule has 8 heteroatoms. The molecule has 19 heavy (non-hydrogen) atoms. The minimum Gasteiger partial charge on any atom is -0.872 e. The molecule has 116 valence electrons. The normalized spacial score (nSPS) is 6.74. The summed E-state index contributed by atoms with van der Waals surface area (Å²) < 4.78 is 0. The zero-order valence-electron chi connectivity index (χ0n) is 12.3. The molecule has 13 N–H and O–H groups in total. The SMILES string of the molecule is CC[O-].CC[O-].O=C(O)c1ccccc1[O-].[NH4+].[NH4+].[NH4+]. The maximum Gasteiger partial charge on any atom is 0.335 e. The van der Waals surface area contributed by atoms with Gasteiger partial charge in [0, 0.05) is 0 Å². The van der Waals surface area contributed by atoms with Crippen LogP contribution in [0.1, 0.15) is 24.2 Å². The second-order valence-corrected chi connectivity index (χ2v) is 2.38. The summed E-state index contributed by atoms with van der Waals surface area (Å²) >= 11 is 0. The van der Waals surface area contributed by atoms with E-state index in [-0.39, 0.29) is 37.2 Å². The van der Waals surface area contributed by atoms with Gasteiger partial charge in [-0.15, -0.1) is 13.2 Å². The predicted molar refractivity (Wildman–Crippen MR) is 71.9 cm³/mol. The Morgan fingerprint density at radius 2 is 1.37 bits per heavy atom. The summed E-state index contributed by atoms with van der Waals surface area (Å²) in [5.74, 6) is -1.62. The summed E-state index contributed by atoms with van der Waals surface area (Å²) in [6.07, 6.45) is 0. The first kappa shape index (κ1) is 30.4. The van der Waals surface area contributed by atoms with E-state index in [2.05, 4.69) is 0 Å². The number of quaternary nitrogens is 3. The van der Waals surface area contributed by atoms with Crippen molar-refractivity contribution in [1.29, 1.82) is 0 Å². The lowest BCUT2D eigenvalue weighted by Crippen LogP contribution is -2.02. The van der Waals surface area contributed by atoms with Crippen molar-refractivity contribution in [3.05, 3.63) is 29.8 Å². The smallest absolute Gasteiger partial charge is 0.335 e. The van der Waals surface area contributed by atoms with Gasteiger partial charge in [-0.2, -0.15) is 0 Å². The summed E-state index contributed by atoms with van der Waals surface area (Å²) in [7, 11) is 0. The number of benzene rings is 1. The van der Waals surface area contributed by atoms with Crippen molar-refractivity contribution in [3.63, 3.8) is 0 Å². The zero-order chi connectivity index (χ0) is 13.0. The maximum atomic E-state index is 10.7. The molecule has 0 unspecified atom stereocenters. The Morgan fingerprint density at radius 1 is 1.05 bits per heavy atom. The topological polar surface area (TPSA) is 216 Å². The fourth-order valence-electron chi connectivity index (χ4n) is 0.643. The van der Waals surface area contributed by atoms with Crippen LogP contribution in [0.25, 0.3) is 0 Å². The molecule has 0 saturated heterocycles. The molecule has 1 rings (SSSR count). The van der Waals surface area contributed by atoms with E-state index in [4.69, 9.17) is 15.3 Å². The largest absolute Gasteiger partial charge is 0.872 e. The molecule has 0 radical (unpaired) electrons. The molecule has 0 aromatic heterocycles. The summed E-state index contributed by atoms with van der Waals surface area (Å²) in [5.41, 5.74) is -0.178. The summed E-state index contributed by atoms with van der Waals surface area (Å²) in [4.78, 5) is 10.2. The zero-order valence-corrected chi connectivity index (χ0v) is 12.3. The van der Waals surface area contributed by atoms with E-state index in [0.29, 0.717) is 0 Å². The van der Waals surface area contributed by atoms with Gasteiger partial charge in [0.05, 0.1) is 5.56 Å². The molecule has 0 aliphatic rings. The van der Waals surface area contributed by atoms with Gasteiger partial charge in [0.2, 0.25) is 0 Å². The van der Waals surface area contributed by atoms with Gasteiger partial charge in [0.15, 0.2) is 0 Å². The van der Waals surface area contributed by atoms with Gasteiger partial charge in [-0.3, -0.25) is 0 Å². The van der Waals surface area contributed by atoms with Crippen molar-refractivity contribution in [1.82, 2.24) is 18.5 Å². The van der Waals surface area contributed by atoms with Crippen LogP contribution in [-0.2, 0) is 0 Å². The quantitative estimate of drug-likeness (QED) is 0.569. The van der Waals surface area contributed by atoms with Gasteiger partial charge >= 0.3 is 5.97 Å². The van der Waals surface area contributed by atoms with E-state index >= 15 is 0 Å².